The van der Waals surface area contributed by atoms with Crippen LogP contribution in [0.5, 0.6) is 11.5 Å². The first-order valence-electron chi connectivity index (χ1n) is 11.3. The molecule has 2 N–H and O–H groups in total. The summed E-state index contributed by atoms with van der Waals surface area (Å²) in [4.78, 5) is 25.3. The Labute approximate surface area is 209 Å². The van der Waals surface area contributed by atoms with Crippen molar-refractivity contribution in [3.8, 4) is 11.5 Å². The largest absolute Gasteiger partial charge is 0.496 e. The van der Waals surface area contributed by atoms with Gasteiger partial charge in [0.15, 0.2) is 0 Å². The zero-order valence-corrected chi connectivity index (χ0v) is 20.0. The molecule has 0 aliphatic heterocycles. The van der Waals surface area contributed by atoms with Gasteiger partial charge >= 0.3 is 0 Å². The summed E-state index contributed by atoms with van der Waals surface area (Å²) in [5.74, 6) is 0.823. The van der Waals surface area contributed by atoms with Gasteiger partial charge in [-0.05, 0) is 36.4 Å². The Morgan fingerprint density at radius 3 is 1.42 bits per heavy atom. The van der Waals surface area contributed by atoms with Gasteiger partial charge < -0.3 is 20.1 Å². The van der Waals surface area contributed by atoms with Gasteiger partial charge in [-0.3, -0.25) is 9.59 Å². The molecule has 0 saturated heterocycles. The summed E-state index contributed by atoms with van der Waals surface area (Å²) < 4.78 is 10.6. The molecule has 6 heteroatoms. The molecule has 6 nitrogen and oxygen atoms in total. The van der Waals surface area contributed by atoms with Crippen LogP contribution >= 0.6 is 0 Å². The summed E-state index contributed by atoms with van der Waals surface area (Å²) in [6.45, 7) is 0. The van der Waals surface area contributed by atoms with Crippen LogP contribution in [-0.2, 0) is 9.59 Å². The van der Waals surface area contributed by atoms with Crippen LogP contribution in [0.4, 0.5) is 11.4 Å². The summed E-state index contributed by atoms with van der Waals surface area (Å²) in [5.41, 5.74) is 2.89. The van der Waals surface area contributed by atoms with Crippen molar-refractivity contribution in [1.29, 1.82) is 0 Å². The number of nitrogens with one attached hydrogen (secondary N) is 2. The van der Waals surface area contributed by atoms with Crippen molar-refractivity contribution >= 4 is 46.1 Å². The van der Waals surface area contributed by atoms with Gasteiger partial charge in [0.25, 0.3) is 0 Å². The van der Waals surface area contributed by atoms with Gasteiger partial charge in [0.2, 0.25) is 11.8 Å². The van der Waals surface area contributed by atoms with Crippen molar-refractivity contribution in [1.82, 2.24) is 0 Å². The van der Waals surface area contributed by atoms with E-state index in [1.807, 2.05) is 84.9 Å². The first-order valence-corrected chi connectivity index (χ1v) is 11.3. The highest BCUT2D eigenvalue weighted by atomic mass is 16.5. The Morgan fingerprint density at radius 1 is 0.583 bits per heavy atom. The Balaban J connectivity index is 1.51. The molecule has 2 amide bonds. The number of ether oxygens (including phenoxy) is 2. The van der Waals surface area contributed by atoms with Crippen molar-refractivity contribution in [2.75, 3.05) is 24.9 Å². The average Bonchev–Trinajstić information content (AvgIpc) is 2.91. The summed E-state index contributed by atoms with van der Waals surface area (Å²) >= 11 is 0. The predicted molar refractivity (Wildman–Crippen MR) is 145 cm³/mol. The van der Waals surface area contributed by atoms with Crippen molar-refractivity contribution in [2.24, 2.45) is 0 Å². The van der Waals surface area contributed by atoms with Gasteiger partial charge in [0, 0.05) is 45.4 Å². The molecule has 0 bridgehead atoms. The van der Waals surface area contributed by atoms with E-state index in [0.717, 1.165) is 21.9 Å². The molecule has 180 valence electrons. The second-order valence-corrected chi connectivity index (χ2v) is 7.84. The van der Waals surface area contributed by atoms with Gasteiger partial charge in [-0.15, -0.1) is 0 Å². The monoisotopic (exact) mass is 478 g/mol. The number of carbonyl (C=O) groups excluding carboxylic acids is 2. The third-order valence-electron chi connectivity index (χ3n) is 5.54. The molecule has 0 aliphatic rings. The van der Waals surface area contributed by atoms with Gasteiger partial charge in [-0.1, -0.05) is 60.7 Å². The van der Waals surface area contributed by atoms with E-state index >= 15 is 0 Å². The van der Waals surface area contributed by atoms with E-state index < -0.39 is 0 Å². The fourth-order valence-electron chi connectivity index (χ4n) is 3.82. The first-order chi connectivity index (χ1) is 17.6. The van der Waals surface area contributed by atoms with Crippen LogP contribution in [0.15, 0.2) is 97.1 Å². The zero-order chi connectivity index (χ0) is 25.3. The minimum atomic E-state index is -0.275. The smallest absolute Gasteiger partial charge is 0.248 e. The molecule has 0 radical (unpaired) electrons. The number of anilines is 2. The van der Waals surface area contributed by atoms with Crippen molar-refractivity contribution in [3.05, 3.63) is 108 Å². The number of hydrogen-bond acceptors (Lipinski definition) is 4. The quantitative estimate of drug-likeness (QED) is 0.297. The maximum absolute atomic E-state index is 12.6. The normalized spacial score (nSPS) is 11.1. The van der Waals surface area contributed by atoms with E-state index in [9.17, 15) is 9.59 Å². The maximum atomic E-state index is 12.6. The maximum Gasteiger partial charge on any atom is 0.248 e. The zero-order valence-electron chi connectivity index (χ0n) is 20.0. The lowest BCUT2D eigenvalue weighted by molar-refractivity contribution is -0.112. The van der Waals surface area contributed by atoms with Crippen LogP contribution in [-0.4, -0.2) is 26.0 Å². The lowest BCUT2D eigenvalue weighted by Gasteiger charge is -2.11. The molecule has 0 unspecified atom stereocenters. The third kappa shape index (κ3) is 5.80. The highest BCUT2D eigenvalue weighted by Crippen LogP contribution is 2.29. The minimum absolute atomic E-state index is 0.275. The van der Waals surface area contributed by atoms with Crippen LogP contribution in [0, 0.1) is 0 Å². The van der Waals surface area contributed by atoms with E-state index in [1.54, 1.807) is 26.4 Å². The topological polar surface area (TPSA) is 76.7 Å². The lowest BCUT2D eigenvalue weighted by atomic mass is 10.1. The number of hydrogen-bond donors (Lipinski definition) is 2. The third-order valence-corrected chi connectivity index (χ3v) is 5.54. The summed E-state index contributed by atoms with van der Waals surface area (Å²) in [5, 5.41) is 7.47. The van der Waals surface area contributed by atoms with Crippen molar-refractivity contribution in [2.45, 2.75) is 0 Å². The lowest BCUT2D eigenvalue weighted by Crippen LogP contribution is -2.10. The summed E-state index contributed by atoms with van der Waals surface area (Å²) in [6.07, 6.45) is 6.34. The van der Waals surface area contributed by atoms with E-state index in [2.05, 4.69) is 10.6 Å². The number of para-hydroxylation sites is 2. The van der Waals surface area contributed by atoms with E-state index in [-0.39, 0.29) is 11.8 Å². The van der Waals surface area contributed by atoms with Crippen LogP contribution in [0.25, 0.3) is 22.9 Å². The second kappa shape index (κ2) is 11.5. The number of carbonyl (C=O) groups is 2. The summed E-state index contributed by atoms with van der Waals surface area (Å²) in [7, 11) is 3.18. The SMILES string of the molecule is COc1ccccc1/C=C/C(=O)Nc1cccc2c(NC(=O)/C=C/c3ccccc3OC)cccc12. The molecule has 0 aliphatic carbocycles. The molecule has 0 aromatic heterocycles. The molecule has 36 heavy (non-hydrogen) atoms. The number of amides is 2. The minimum Gasteiger partial charge on any atom is -0.496 e. The van der Waals surface area contributed by atoms with Crippen molar-refractivity contribution in [3.63, 3.8) is 0 Å². The second-order valence-electron chi connectivity index (χ2n) is 7.84. The molecule has 4 rings (SSSR count). The first kappa shape index (κ1) is 24.3. The van der Waals surface area contributed by atoms with Crippen LogP contribution in [0.3, 0.4) is 0 Å². The molecule has 0 heterocycles. The molecule has 4 aromatic carbocycles. The van der Waals surface area contributed by atoms with Crippen LogP contribution in [0.2, 0.25) is 0 Å². The molecule has 0 saturated carbocycles. The van der Waals surface area contributed by atoms with Gasteiger partial charge in [0.1, 0.15) is 11.5 Å². The number of fused-ring (bicyclic) bond motifs is 1. The van der Waals surface area contributed by atoms with Gasteiger partial charge in [-0.25, -0.2) is 0 Å². The Kier molecular flexibility index (Phi) is 7.78. The fourth-order valence-corrected chi connectivity index (χ4v) is 3.82. The highest BCUT2D eigenvalue weighted by molar-refractivity contribution is 6.12. The average molecular weight is 479 g/mol. The van der Waals surface area contributed by atoms with Crippen LogP contribution in [0.1, 0.15) is 11.1 Å². The van der Waals surface area contributed by atoms with Gasteiger partial charge in [-0.2, -0.15) is 0 Å². The van der Waals surface area contributed by atoms with E-state index in [4.69, 9.17) is 9.47 Å². The van der Waals surface area contributed by atoms with Crippen molar-refractivity contribution < 1.29 is 19.1 Å². The fraction of sp³-hybridized carbons (Fsp3) is 0.0667. The van der Waals surface area contributed by atoms with Crippen LogP contribution < -0.4 is 20.1 Å². The summed E-state index contributed by atoms with van der Waals surface area (Å²) in [6, 6.07) is 26.0. The Bertz CT molecular complexity index is 1350. The number of rotatable bonds is 8. The number of benzene rings is 4. The molecule has 4 aromatic rings. The standard InChI is InChI=1S/C30H26N2O4/c1-35-27-15-5-3-9-21(27)17-19-29(33)31-25-13-7-12-24-23(25)11-8-14-26(24)32-30(34)20-18-22-10-4-6-16-28(22)36-2/h3-20H,1-2H3,(H,31,33)(H,32,34)/b19-17+,20-18+. The van der Waals surface area contributed by atoms with Gasteiger partial charge in [0.05, 0.1) is 14.2 Å². The molecule has 0 atom stereocenters. The molecular weight excluding hydrogens is 452 g/mol. The van der Waals surface area contributed by atoms with E-state index in [1.165, 1.54) is 12.2 Å². The number of methoxy groups -OCH3 is 2. The van der Waals surface area contributed by atoms with E-state index in [0.29, 0.717) is 22.9 Å². The molecule has 0 spiro atoms. The molecular formula is C30H26N2O4. The Hall–Kier alpha value is -4.84. The Morgan fingerprint density at radius 2 is 1.00 bits per heavy atom. The molecule has 0 fully saturated rings. The highest BCUT2D eigenvalue weighted by Gasteiger charge is 2.09. The predicted octanol–water partition coefficient (Wildman–Crippen LogP) is 6.16.